The van der Waals surface area contributed by atoms with E-state index in [1.54, 1.807) is 30.3 Å². The van der Waals surface area contributed by atoms with Gasteiger partial charge in [-0.3, -0.25) is 9.59 Å². The van der Waals surface area contributed by atoms with Gasteiger partial charge >= 0.3 is 0 Å². The standard InChI is InChI=1S/C17H18BrN3O2/c1-2-21-10-12(18)9-15(21)17(23)20-14-5-3-4-11(8-14)16(22)19-13-6-7-13/h3-5,8-10,13H,2,6-7H2,1H3,(H,19,22)(H,20,23). The van der Waals surface area contributed by atoms with Crippen molar-refractivity contribution in [3.05, 3.63) is 52.3 Å². The lowest BCUT2D eigenvalue weighted by molar-refractivity contribution is 0.0949. The second kappa shape index (κ2) is 6.58. The maximum atomic E-state index is 12.4. The minimum absolute atomic E-state index is 0.0942. The lowest BCUT2D eigenvalue weighted by atomic mass is 10.2. The zero-order valence-electron chi connectivity index (χ0n) is 12.8. The second-order valence-electron chi connectivity index (χ2n) is 5.61. The van der Waals surface area contributed by atoms with Crippen molar-refractivity contribution in [3.8, 4) is 0 Å². The molecule has 1 saturated carbocycles. The van der Waals surface area contributed by atoms with Crippen LogP contribution in [0.4, 0.5) is 5.69 Å². The molecule has 0 aliphatic heterocycles. The minimum atomic E-state index is -0.197. The van der Waals surface area contributed by atoms with E-state index in [4.69, 9.17) is 0 Å². The summed E-state index contributed by atoms with van der Waals surface area (Å²) >= 11 is 3.38. The van der Waals surface area contributed by atoms with Crippen LogP contribution in [0.25, 0.3) is 0 Å². The number of nitrogens with one attached hydrogen (secondary N) is 2. The summed E-state index contributed by atoms with van der Waals surface area (Å²) in [5, 5.41) is 5.79. The number of benzene rings is 1. The molecule has 1 fully saturated rings. The molecule has 2 aromatic rings. The highest BCUT2D eigenvalue weighted by atomic mass is 79.9. The predicted molar refractivity (Wildman–Crippen MR) is 92.7 cm³/mol. The molecule has 2 amide bonds. The van der Waals surface area contributed by atoms with Crippen LogP contribution in [-0.2, 0) is 6.54 Å². The van der Waals surface area contributed by atoms with E-state index in [-0.39, 0.29) is 11.8 Å². The minimum Gasteiger partial charge on any atom is -0.349 e. The van der Waals surface area contributed by atoms with Crippen LogP contribution in [0.15, 0.2) is 41.0 Å². The van der Waals surface area contributed by atoms with Gasteiger partial charge in [-0.2, -0.15) is 0 Å². The number of amides is 2. The molecule has 0 spiro atoms. The van der Waals surface area contributed by atoms with Crippen LogP contribution >= 0.6 is 15.9 Å². The molecule has 23 heavy (non-hydrogen) atoms. The maximum absolute atomic E-state index is 12.4. The average Bonchev–Trinajstić information content (AvgIpc) is 3.26. The first kappa shape index (κ1) is 15.8. The van der Waals surface area contributed by atoms with Crippen molar-refractivity contribution in [1.29, 1.82) is 0 Å². The summed E-state index contributed by atoms with van der Waals surface area (Å²) in [5.74, 6) is -0.291. The third-order valence-corrected chi connectivity index (χ3v) is 4.17. The highest BCUT2D eigenvalue weighted by molar-refractivity contribution is 9.10. The van der Waals surface area contributed by atoms with E-state index in [1.807, 2.05) is 17.7 Å². The normalized spacial score (nSPS) is 13.7. The SMILES string of the molecule is CCn1cc(Br)cc1C(=O)Nc1cccc(C(=O)NC2CC2)c1. The molecule has 0 unspecified atom stereocenters. The van der Waals surface area contributed by atoms with Gasteiger partial charge in [0.15, 0.2) is 0 Å². The molecule has 120 valence electrons. The maximum Gasteiger partial charge on any atom is 0.272 e. The van der Waals surface area contributed by atoms with Crippen LogP contribution in [0.3, 0.4) is 0 Å². The summed E-state index contributed by atoms with van der Waals surface area (Å²) in [5.41, 5.74) is 1.74. The molecule has 0 bridgehead atoms. The molecule has 6 heteroatoms. The van der Waals surface area contributed by atoms with Crippen LogP contribution in [0.5, 0.6) is 0 Å². The molecule has 5 nitrogen and oxygen atoms in total. The zero-order valence-corrected chi connectivity index (χ0v) is 14.4. The molecule has 2 N–H and O–H groups in total. The van der Waals surface area contributed by atoms with Crippen molar-refractivity contribution in [2.75, 3.05) is 5.32 Å². The number of halogens is 1. The topological polar surface area (TPSA) is 63.1 Å². The number of hydrogen-bond donors (Lipinski definition) is 2. The number of carbonyl (C=O) groups excluding carboxylic acids is 2. The molecule has 1 aromatic carbocycles. The number of nitrogens with zero attached hydrogens (tertiary/aromatic N) is 1. The van der Waals surface area contributed by atoms with Gasteiger partial charge in [-0.15, -0.1) is 0 Å². The Hall–Kier alpha value is -2.08. The van der Waals surface area contributed by atoms with Crippen molar-refractivity contribution < 1.29 is 9.59 Å². The lowest BCUT2D eigenvalue weighted by Gasteiger charge is -2.09. The van der Waals surface area contributed by atoms with Gasteiger partial charge in [-0.25, -0.2) is 0 Å². The summed E-state index contributed by atoms with van der Waals surface area (Å²) in [6.07, 6.45) is 3.96. The van der Waals surface area contributed by atoms with Crippen LogP contribution in [0.1, 0.15) is 40.6 Å². The van der Waals surface area contributed by atoms with E-state index in [0.717, 1.165) is 17.3 Å². The molecule has 0 saturated heterocycles. The summed E-state index contributed by atoms with van der Waals surface area (Å²) < 4.78 is 2.73. The average molecular weight is 376 g/mol. The number of aromatic nitrogens is 1. The molecular formula is C17H18BrN3O2. The van der Waals surface area contributed by atoms with Crippen LogP contribution < -0.4 is 10.6 Å². The van der Waals surface area contributed by atoms with E-state index < -0.39 is 0 Å². The third-order valence-electron chi connectivity index (χ3n) is 3.73. The zero-order chi connectivity index (χ0) is 16.4. The Balaban J connectivity index is 1.74. The van der Waals surface area contributed by atoms with Gasteiger partial charge in [0, 0.05) is 34.5 Å². The van der Waals surface area contributed by atoms with Gasteiger partial charge in [-0.1, -0.05) is 6.07 Å². The van der Waals surface area contributed by atoms with Crippen molar-refractivity contribution in [1.82, 2.24) is 9.88 Å². The fourth-order valence-electron chi connectivity index (χ4n) is 2.36. The highest BCUT2D eigenvalue weighted by Crippen LogP contribution is 2.20. The molecule has 0 radical (unpaired) electrons. The van der Waals surface area contributed by atoms with E-state index in [1.165, 1.54) is 0 Å². The second-order valence-corrected chi connectivity index (χ2v) is 6.53. The van der Waals surface area contributed by atoms with Crippen LogP contribution in [0.2, 0.25) is 0 Å². The monoisotopic (exact) mass is 375 g/mol. The summed E-state index contributed by atoms with van der Waals surface area (Å²) in [6, 6.07) is 9.09. The van der Waals surface area contributed by atoms with Crippen molar-refractivity contribution in [2.45, 2.75) is 32.4 Å². The number of rotatable bonds is 5. The first-order chi connectivity index (χ1) is 11.1. The molecule has 3 rings (SSSR count). The Labute approximate surface area is 143 Å². The number of anilines is 1. The van der Waals surface area contributed by atoms with Gasteiger partial charge in [-0.05, 0) is 60.0 Å². The molecule has 1 aliphatic rings. The molecule has 1 heterocycles. The predicted octanol–water partition coefficient (Wildman–Crippen LogP) is 3.42. The van der Waals surface area contributed by atoms with E-state index >= 15 is 0 Å². The summed E-state index contributed by atoms with van der Waals surface area (Å²) in [4.78, 5) is 24.5. The van der Waals surface area contributed by atoms with Crippen LogP contribution in [0, 0.1) is 0 Å². The first-order valence-electron chi connectivity index (χ1n) is 7.64. The van der Waals surface area contributed by atoms with Gasteiger partial charge in [0.05, 0.1) is 0 Å². The quantitative estimate of drug-likeness (QED) is 0.840. The van der Waals surface area contributed by atoms with Gasteiger partial charge in [0.25, 0.3) is 11.8 Å². The highest BCUT2D eigenvalue weighted by Gasteiger charge is 2.23. The van der Waals surface area contributed by atoms with Gasteiger partial charge in [0.2, 0.25) is 0 Å². The smallest absolute Gasteiger partial charge is 0.272 e. The lowest BCUT2D eigenvalue weighted by Crippen LogP contribution is -2.25. The number of aryl methyl sites for hydroxylation is 1. The Bertz CT molecular complexity index is 750. The number of carbonyl (C=O) groups is 2. The summed E-state index contributed by atoms with van der Waals surface area (Å²) in [7, 11) is 0. The fourth-order valence-corrected chi connectivity index (χ4v) is 2.82. The van der Waals surface area contributed by atoms with Gasteiger partial charge in [0.1, 0.15) is 5.69 Å². The van der Waals surface area contributed by atoms with Crippen LogP contribution in [-0.4, -0.2) is 22.4 Å². The first-order valence-corrected chi connectivity index (χ1v) is 8.44. The van der Waals surface area contributed by atoms with Crippen molar-refractivity contribution in [2.24, 2.45) is 0 Å². The van der Waals surface area contributed by atoms with Crippen molar-refractivity contribution >= 4 is 33.4 Å². The molecule has 0 atom stereocenters. The fraction of sp³-hybridized carbons (Fsp3) is 0.294. The molecule has 1 aromatic heterocycles. The Morgan fingerprint density at radius 3 is 2.74 bits per heavy atom. The Morgan fingerprint density at radius 1 is 1.26 bits per heavy atom. The molecule has 1 aliphatic carbocycles. The van der Waals surface area contributed by atoms with E-state index in [9.17, 15) is 9.59 Å². The Morgan fingerprint density at radius 2 is 2.04 bits per heavy atom. The summed E-state index contributed by atoms with van der Waals surface area (Å²) in [6.45, 7) is 2.68. The van der Waals surface area contributed by atoms with Crippen molar-refractivity contribution in [3.63, 3.8) is 0 Å². The third kappa shape index (κ3) is 3.82. The largest absolute Gasteiger partial charge is 0.349 e. The Kier molecular flexibility index (Phi) is 4.52. The van der Waals surface area contributed by atoms with E-state index in [2.05, 4.69) is 26.6 Å². The molecular weight excluding hydrogens is 358 g/mol. The van der Waals surface area contributed by atoms with E-state index in [0.29, 0.717) is 29.5 Å². The van der Waals surface area contributed by atoms with Gasteiger partial charge < -0.3 is 15.2 Å². The number of hydrogen-bond acceptors (Lipinski definition) is 2.